The van der Waals surface area contributed by atoms with Crippen molar-refractivity contribution in [3.8, 4) is 0 Å². The van der Waals surface area contributed by atoms with E-state index in [0.717, 1.165) is 11.1 Å². The van der Waals surface area contributed by atoms with Gasteiger partial charge in [-0.25, -0.2) is 0 Å². The number of hydrogen-bond donors (Lipinski definition) is 1. The van der Waals surface area contributed by atoms with Gasteiger partial charge in [0, 0.05) is 5.57 Å². The smallest absolute Gasteiger partial charge is 0.116 e. The fourth-order valence-corrected chi connectivity index (χ4v) is 1.16. The number of azo groups is 1. The minimum atomic E-state index is 0.0839. The van der Waals surface area contributed by atoms with Gasteiger partial charge in [-0.1, -0.05) is 12.2 Å². The lowest BCUT2D eigenvalue weighted by atomic mass is 10.00. The molecule has 2 aliphatic rings. The van der Waals surface area contributed by atoms with Crippen LogP contribution in [-0.2, 0) is 0 Å². The third-order valence-electron chi connectivity index (χ3n) is 1.77. The van der Waals surface area contributed by atoms with Crippen LogP contribution in [0.25, 0.3) is 0 Å². The number of aliphatic hydroxyl groups is 1. The van der Waals surface area contributed by atoms with Crippen LogP contribution in [0.15, 0.2) is 45.8 Å². The van der Waals surface area contributed by atoms with Crippen LogP contribution in [0.3, 0.4) is 0 Å². The molecule has 0 amide bonds. The first-order chi connectivity index (χ1) is 5.40. The monoisotopic (exact) mass is 148 g/mol. The largest absolute Gasteiger partial charge is 0.392 e. The molecule has 0 fully saturated rings. The molecule has 2 rings (SSSR count). The fraction of sp³-hybridized carbons (Fsp3) is 0.250. The second kappa shape index (κ2) is 2.43. The highest BCUT2D eigenvalue weighted by Gasteiger charge is 2.15. The first-order valence-electron chi connectivity index (χ1n) is 3.50. The molecule has 56 valence electrons. The zero-order valence-electron chi connectivity index (χ0n) is 5.94. The van der Waals surface area contributed by atoms with E-state index in [2.05, 4.69) is 10.2 Å². The maximum Gasteiger partial charge on any atom is 0.116 e. The van der Waals surface area contributed by atoms with Gasteiger partial charge < -0.3 is 5.11 Å². The summed E-state index contributed by atoms with van der Waals surface area (Å²) < 4.78 is 0. The summed E-state index contributed by atoms with van der Waals surface area (Å²) in [6, 6.07) is 0.102. The summed E-state index contributed by atoms with van der Waals surface area (Å²) in [5.74, 6) is 0. The molecule has 1 N–H and O–H groups in total. The topological polar surface area (TPSA) is 45.0 Å². The van der Waals surface area contributed by atoms with Crippen molar-refractivity contribution in [1.29, 1.82) is 0 Å². The normalized spacial score (nSPS) is 26.5. The number of hydrogen-bond acceptors (Lipinski definition) is 3. The molecule has 0 aromatic carbocycles. The van der Waals surface area contributed by atoms with Crippen LogP contribution < -0.4 is 0 Å². The lowest BCUT2D eigenvalue weighted by Gasteiger charge is -2.08. The Bertz CT molecular complexity index is 286. The molecule has 0 unspecified atom stereocenters. The fourth-order valence-electron chi connectivity index (χ4n) is 1.16. The van der Waals surface area contributed by atoms with Crippen LogP contribution >= 0.6 is 0 Å². The molecule has 0 bridgehead atoms. The van der Waals surface area contributed by atoms with Gasteiger partial charge in [0.05, 0.1) is 12.8 Å². The van der Waals surface area contributed by atoms with Crippen LogP contribution in [0.1, 0.15) is 0 Å². The average molecular weight is 148 g/mol. The standard InChI is InChI=1S/C8H8N2O/c11-5-6-1-2-8-7(3-6)4-9-10-8/h1-4,8,11H,5H2/t8-/m0/s1. The minimum absolute atomic E-state index is 0.0839. The first kappa shape index (κ1) is 6.49. The zero-order valence-corrected chi connectivity index (χ0v) is 5.94. The summed E-state index contributed by atoms with van der Waals surface area (Å²) in [6.07, 6.45) is 7.47. The molecule has 11 heavy (non-hydrogen) atoms. The van der Waals surface area contributed by atoms with E-state index < -0.39 is 0 Å². The van der Waals surface area contributed by atoms with E-state index in [0.29, 0.717) is 0 Å². The second-order valence-electron chi connectivity index (χ2n) is 2.54. The van der Waals surface area contributed by atoms with Crippen molar-refractivity contribution >= 4 is 0 Å². The molecule has 1 heterocycles. The van der Waals surface area contributed by atoms with Gasteiger partial charge >= 0.3 is 0 Å². The molecule has 1 aliphatic carbocycles. The molecule has 1 aliphatic heterocycles. The lowest BCUT2D eigenvalue weighted by Crippen LogP contribution is -2.05. The molecule has 0 saturated carbocycles. The van der Waals surface area contributed by atoms with E-state index in [-0.39, 0.29) is 12.6 Å². The van der Waals surface area contributed by atoms with Crippen molar-refractivity contribution in [2.75, 3.05) is 6.61 Å². The molecule has 0 spiro atoms. The minimum Gasteiger partial charge on any atom is -0.392 e. The summed E-state index contributed by atoms with van der Waals surface area (Å²) in [4.78, 5) is 0. The number of rotatable bonds is 1. The molecule has 3 nitrogen and oxygen atoms in total. The van der Waals surface area contributed by atoms with E-state index >= 15 is 0 Å². The third kappa shape index (κ3) is 1.03. The Kier molecular flexibility index (Phi) is 1.43. The molecule has 0 saturated heterocycles. The quantitative estimate of drug-likeness (QED) is 0.596. The Morgan fingerprint density at radius 1 is 1.55 bits per heavy atom. The van der Waals surface area contributed by atoms with Crippen molar-refractivity contribution in [2.24, 2.45) is 10.2 Å². The van der Waals surface area contributed by atoms with Gasteiger partial charge in [-0.15, -0.1) is 0 Å². The van der Waals surface area contributed by atoms with Gasteiger partial charge in [0.1, 0.15) is 6.04 Å². The highest BCUT2D eigenvalue weighted by atomic mass is 16.3. The second-order valence-corrected chi connectivity index (χ2v) is 2.54. The molecular weight excluding hydrogens is 140 g/mol. The molecule has 0 aromatic rings. The van der Waals surface area contributed by atoms with Gasteiger partial charge in [0.25, 0.3) is 0 Å². The van der Waals surface area contributed by atoms with E-state index in [1.165, 1.54) is 0 Å². The Labute approximate surface area is 64.5 Å². The number of fused-ring (bicyclic) bond motifs is 1. The predicted octanol–water partition coefficient (Wildman–Crippen LogP) is 1.19. The van der Waals surface area contributed by atoms with Gasteiger partial charge in [-0.3, -0.25) is 0 Å². The summed E-state index contributed by atoms with van der Waals surface area (Å²) in [6.45, 7) is 0.0839. The van der Waals surface area contributed by atoms with Gasteiger partial charge in [-0.2, -0.15) is 10.2 Å². The Balaban J connectivity index is 2.29. The van der Waals surface area contributed by atoms with Crippen molar-refractivity contribution in [2.45, 2.75) is 6.04 Å². The highest BCUT2D eigenvalue weighted by molar-refractivity contribution is 5.42. The van der Waals surface area contributed by atoms with Crippen LogP contribution in [0.4, 0.5) is 0 Å². The van der Waals surface area contributed by atoms with E-state index in [1.807, 2.05) is 18.2 Å². The lowest BCUT2D eigenvalue weighted by molar-refractivity contribution is 0.334. The maximum atomic E-state index is 8.80. The van der Waals surface area contributed by atoms with Crippen LogP contribution in [-0.4, -0.2) is 17.8 Å². The van der Waals surface area contributed by atoms with Crippen LogP contribution in [0.2, 0.25) is 0 Å². The van der Waals surface area contributed by atoms with E-state index in [1.54, 1.807) is 6.20 Å². The Morgan fingerprint density at radius 2 is 2.45 bits per heavy atom. The van der Waals surface area contributed by atoms with E-state index in [4.69, 9.17) is 5.11 Å². The molecule has 0 aromatic heterocycles. The van der Waals surface area contributed by atoms with Gasteiger partial charge in [-0.05, 0) is 11.6 Å². The maximum absolute atomic E-state index is 8.80. The first-order valence-corrected chi connectivity index (χ1v) is 3.50. The summed E-state index contributed by atoms with van der Waals surface area (Å²) in [5.41, 5.74) is 1.98. The molecular formula is C8H8N2O. The van der Waals surface area contributed by atoms with Crippen molar-refractivity contribution < 1.29 is 5.11 Å². The number of aliphatic hydroxyl groups excluding tert-OH is 1. The predicted molar refractivity (Wildman–Crippen MR) is 41.0 cm³/mol. The SMILES string of the molecule is OCC1=CC2=CN=N[C@H]2C=C1. The molecule has 0 radical (unpaired) electrons. The Morgan fingerprint density at radius 3 is 3.27 bits per heavy atom. The molecule has 3 heteroatoms. The summed E-state index contributed by atoms with van der Waals surface area (Å²) in [7, 11) is 0. The van der Waals surface area contributed by atoms with E-state index in [9.17, 15) is 0 Å². The Hall–Kier alpha value is -1.22. The summed E-state index contributed by atoms with van der Waals surface area (Å²) >= 11 is 0. The van der Waals surface area contributed by atoms with Crippen LogP contribution in [0, 0.1) is 0 Å². The van der Waals surface area contributed by atoms with Gasteiger partial charge in [0.15, 0.2) is 0 Å². The summed E-state index contributed by atoms with van der Waals surface area (Å²) in [5, 5.41) is 16.5. The highest BCUT2D eigenvalue weighted by Crippen LogP contribution is 2.23. The van der Waals surface area contributed by atoms with Gasteiger partial charge in [0.2, 0.25) is 0 Å². The molecule has 1 atom stereocenters. The van der Waals surface area contributed by atoms with Crippen molar-refractivity contribution in [3.63, 3.8) is 0 Å². The third-order valence-corrected chi connectivity index (χ3v) is 1.77. The van der Waals surface area contributed by atoms with Crippen molar-refractivity contribution in [3.05, 3.63) is 35.6 Å². The average Bonchev–Trinajstić information content (AvgIpc) is 2.50. The van der Waals surface area contributed by atoms with Crippen LogP contribution in [0.5, 0.6) is 0 Å². The van der Waals surface area contributed by atoms with Crippen molar-refractivity contribution in [1.82, 2.24) is 0 Å². The zero-order chi connectivity index (χ0) is 7.68. The number of nitrogens with zero attached hydrogens (tertiary/aromatic N) is 2.